The number of carboxylic acid groups (broad SMARTS) is 1. The van der Waals surface area contributed by atoms with Crippen LogP contribution in [0.1, 0.15) is 123 Å². The highest BCUT2D eigenvalue weighted by atomic mass is 16.6. The molecule has 0 aromatic carbocycles. The molecule has 8 heteroatoms. The fourth-order valence-electron chi connectivity index (χ4n) is 4.90. The zero-order valence-electron chi connectivity index (χ0n) is 32.1. The number of carboxylic acids is 1. The first kappa shape index (κ1) is 46.8. The number of rotatable bonds is 32. The number of unbranched alkanes of at least 4 members (excludes halogenated alkanes) is 6. The van der Waals surface area contributed by atoms with Crippen LogP contribution in [0.4, 0.5) is 0 Å². The molecule has 0 spiro atoms. The van der Waals surface area contributed by atoms with Gasteiger partial charge in [-0.2, -0.15) is 0 Å². The van der Waals surface area contributed by atoms with Crippen LogP contribution < -0.4 is 0 Å². The molecule has 0 saturated heterocycles. The zero-order valence-corrected chi connectivity index (χ0v) is 32.1. The number of ether oxygens (including phenoxy) is 3. The lowest BCUT2D eigenvalue weighted by molar-refractivity contribution is -0.887. The molecule has 0 bridgehead atoms. The van der Waals surface area contributed by atoms with E-state index in [4.69, 9.17) is 14.2 Å². The number of aliphatic carboxylic acids is 1. The minimum absolute atomic E-state index is 0.0238. The zero-order chi connectivity index (χ0) is 37.1. The molecule has 50 heavy (non-hydrogen) atoms. The molecule has 0 amide bonds. The smallest absolute Gasteiger partial charge is 0.362 e. The van der Waals surface area contributed by atoms with Gasteiger partial charge >= 0.3 is 17.9 Å². The molecule has 1 N–H and O–H groups in total. The molecule has 0 rings (SSSR count). The Morgan fingerprint density at radius 2 is 1.16 bits per heavy atom. The van der Waals surface area contributed by atoms with Gasteiger partial charge < -0.3 is 23.8 Å². The van der Waals surface area contributed by atoms with Crippen LogP contribution in [-0.2, 0) is 28.6 Å². The number of hydrogen-bond donors (Lipinski definition) is 1. The van der Waals surface area contributed by atoms with Crippen molar-refractivity contribution < 1.29 is 38.2 Å². The predicted molar refractivity (Wildman–Crippen MR) is 206 cm³/mol. The van der Waals surface area contributed by atoms with Crippen LogP contribution in [0.2, 0.25) is 0 Å². The summed E-state index contributed by atoms with van der Waals surface area (Å²) in [4.78, 5) is 36.7. The fraction of sp³-hybridized carbons (Fsp3) is 0.643. The lowest BCUT2D eigenvalue weighted by Gasteiger charge is -2.31. The fourth-order valence-corrected chi connectivity index (χ4v) is 4.90. The van der Waals surface area contributed by atoms with Crippen LogP contribution in [0, 0.1) is 0 Å². The van der Waals surface area contributed by atoms with E-state index in [1.54, 1.807) is 0 Å². The first-order valence-corrected chi connectivity index (χ1v) is 19.0. The molecule has 0 heterocycles. The Morgan fingerprint density at radius 3 is 1.74 bits per heavy atom. The Morgan fingerprint density at radius 1 is 0.620 bits per heavy atom. The minimum atomic E-state index is -0.892. The number of carbonyl (C=O) groups is 3. The van der Waals surface area contributed by atoms with Gasteiger partial charge in [-0.15, -0.1) is 0 Å². The van der Waals surface area contributed by atoms with E-state index in [-0.39, 0.29) is 36.7 Å². The van der Waals surface area contributed by atoms with Crippen molar-refractivity contribution in [3.8, 4) is 0 Å². The Labute approximate surface area is 304 Å². The summed E-state index contributed by atoms with van der Waals surface area (Å²) in [7, 11) is 5.48. The van der Waals surface area contributed by atoms with Crippen LogP contribution in [0.5, 0.6) is 0 Å². The number of esters is 2. The average molecular weight is 701 g/mol. The van der Waals surface area contributed by atoms with E-state index in [1.165, 1.54) is 6.42 Å². The third-order valence-electron chi connectivity index (χ3n) is 7.83. The highest BCUT2D eigenvalue weighted by molar-refractivity contribution is 5.72. The van der Waals surface area contributed by atoms with Crippen molar-refractivity contribution in [2.24, 2.45) is 0 Å². The highest BCUT2D eigenvalue weighted by Gasteiger charge is 2.31. The van der Waals surface area contributed by atoms with Gasteiger partial charge in [0.1, 0.15) is 6.61 Å². The summed E-state index contributed by atoms with van der Waals surface area (Å²) < 4.78 is 17.1. The van der Waals surface area contributed by atoms with Crippen molar-refractivity contribution in [2.45, 2.75) is 135 Å². The summed E-state index contributed by atoms with van der Waals surface area (Å²) in [6, 6.07) is -0.630. The Balaban J connectivity index is 4.58. The van der Waals surface area contributed by atoms with Crippen molar-refractivity contribution in [3.63, 3.8) is 0 Å². The Hall–Kier alpha value is -3.23. The highest BCUT2D eigenvalue weighted by Crippen LogP contribution is 2.11. The summed E-state index contributed by atoms with van der Waals surface area (Å²) in [5, 5.41) is 9.58. The second-order valence-corrected chi connectivity index (χ2v) is 13.4. The maximum atomic E-state index is 12.6. The van der Waals surface area contributed by atoms with E-state index in [0.29, 0.717) is 19.3 Å². The van der Waals surface area contributed by atoms with Crippen LogP contribution in [0.15, 0.2) is 72.9 Å². The van der Waals surface area contributed by atoms with Gasteiger partial charge in [-0.25, -0.2) is 4.79 Å². The maximum absolute atomic E-state index is 12.6. The van der Waals surface area contributed by atoms with Crippen molar-refractivity contribution in [1.29, 1.82) is 0 Å². The molecule has 0 aliphatic carbocycles. The number of quaternary nitrogens is 1. The van der Waals surface area contributed by atoms with Crippen LogP contribution >= 0.6 is 0 Å². The van der Waals surface area contributed by atoms with E-state index in [9.17, 15) is 19.5 Å². The normalized spacial score (nSPS) is 13.9. The molecule has 0 aromatic rings. The molecule has 284 valence electrons. The van der Waals surface area contributed by atoms with Gasteiger partial charge in [0.25, 0.3) is 0 Å². The molecule has 0 fully saturated rings. The first-order valence-electron chi connectivity index (χ1n) is 19.0. The van der Waals surface area contributed by atoms with Gasteiger partial charge in [-0.1, -0.05) is 112 Å². The maximum Gasteiger partial charge on any atom is 0.362 e. The molecular weight excluding hydrogens is 630 g/mol. The number of nitrogens with zero attached hydrogens (tertiary/aromatic N) is 1. The third-order valence-corrected chi connectivity index (χ3v) is 7.83. The van der Waals surface area contributed by atoms with E-state index in [2.05, 4.69) is 74.6 Å². The number of allylic oxidation sites excluding steroid dienone is 12. The van der Waals surface area contributed by atoms with Crippen molar-refractivity contribution in [1.82, 2.24) is 0 Å². The molecule has 0 saturated carbocycles. The summed E-state index contributed by atoms with van der Waals surface area (Å²) in [6.07, 6.45) is 39.6. The number of hydrogen-bond acceptors (Lipinski definition) is 6. The van der Waals surface area contributed by atoms with E-state index < -0.39 is 24.1 Å². The Bertz CT molecular complexity index is 1050. The van der Waals surface area contributed by atoms with Gasteiger partial charge in [0.05, 0.1) is 34.4 Å². The minimum Gasteiger partial charge on any atom is -0.477 e. The Kier molecular flexibility index (Phi) is 30.8. The number of likely N-dealkylation sites (N-methyl/N-ethyl adjacent to an activating group) is 1. The van der Waals surface area contributed by atoms with Crippen molar-refractivity contribution in [3.05, 3.63) is 72.9 Å². The molecule has 0 aliphatic heterocycles. The van der Waals surface area contributed by atoms with E-state index >= 15 is 0 Å². The monoisotopic (exact) mass is 701 g/mol. The average Bonchev–Trinajstić information content (AvgIpc) is 3.06. The second kappa shape index (κ2) is 32.9. The quantitative estimate of drug-likeness (QED) is 0.0323. The molecule has 0 radical (unpaired) electrons. The topological polar surface area (TPSA) is 99.1 Å². The SMILES string of the molecule is CC/C=C\C/C=C\C/C=C\C/C=C\CCC(=O)OC(COCCC(C(=O)O)[N+](C)(C)C)COC(=O)CCCCCCC/C=C\C/C=C\CCC. The lowest BCUT2D eigenvalue weighted by atomic mass is 10.1. The van der Waals surface area contributed by atoms with Crippen LogP contribution in [0.25, 0.3) is 0 Å². The largest absolute Gasteiger partial charge is 0.477 e. The number of carbonyl (C=O) groups excluding carboxylic acids is 2. The molecule has 2 atom stereocenters. The van der Waals surface area contributed by atoms with Crippen LogP contribution in [0.3, 0.4) is 0 Å². The molecule has 0 aromatic heterocycles. The second-order valence-electron chi connectivity index (χ2n) is 13.4. The summed E-state index contributed by atoms with van der Waals surface area (Å²) in [5.41, 5.74) is 0. The predicted octanol–water partition coefficient (Wildman–Crippen LogP) is 9.63. The van der Waals surface area contributed by atoms with E-state index in [1.807, 2.05) is 33.3 Å². The summed E-state index contributed by atoms with van der Waals surface area (Å²) in [6.45, 7) is 4.42. The van der Waals surface area contributed by atoms with Gasteiger partial charge in [0.15, 0.2) is 12.1 Å². The molecular formula is C42H70NO7+. The molecule has 0 aliphatic rings. The first-order chi connectivity index (χ1) is 24.1. The van der Waals surface area contributed by atoms with Crippen molar-refractivity contribution in [2.75, 3.05) is 41.0 Å². The third kappa shape index (κ3) is 30.8. The van der Waals surface area contributed by atoms with Gasteiger partial charge in [0.2, 0.25) is 0 Å². The lowest BCUT2D eigenvalue weighted by Crippen LogP contribution is -2.50. The van der Waals surface area contributed by atoms with Crippen LogP contribution in [-0.4, -0.2) is 80.6 Å². The summed E-state index contributed by atoms with van der Waals surface area (Å²) in [5.74, 6) is -1.60. The van der Waals surface area contributed by atoms with E-state index in [0.717, 1.165) is 77.0 Å². The standard InChI is InChI=1S/C42H69NO7/c1-6-8-10-12-14-16-18-20-22-24-26-28-30-32-40(44)49-37-38(36-48-35-34-39(42(46)47)43(3,4)5)50-41(45)33-31-29-27-25-23-21-19-17-15-13-11-9-7-2/h9-12,15-18,21,23,27,29,38-39H,6-8,13-14,19-20,22,24-26,28,30-37H2,1-5H3/p+1/b11-9-,12-10-,17-15-,18-16-,23-21-,29-27-. The van der Waals surface area contributed by atoms with Gasteiger partial charge in [-0.05, 0) is 64.2 Å². The molecule has 2 unspecified atom stereocenters. The summed E-state index contributed by atoms with van der Waals surface area (Å²) >= 11 is 0. The van der Waals surface area contributed by atoms with Gasteiger partial charge in [0, 0.05) is 19.3 Å². The van der Waals surface area contributed by atoms with Crippen molar-refractivity contribution >= 4 is 17.9 Å². The molecule has 8 nitrogen and oxygen atoms in total. The van der Waals surface area contributed by atoms with Gasteiger partial charge in [-0.3, -0.25) is 9.59 Å².